The van der Waals surface area contributed by atoms with E-state index in [1.165, 1.54) is 32.1 Å². The van der Waals surface area contributed by atoms with Crippen LogP contribution in [0.25, 0.3) is 0 Å². The molecule has 3 nitrogen and oxygen atoms in total. The van der Waals surface area contributed by atoms with Crippen molar-refractivity contribution < 1.29 is 4.79 Å². The average Bonchev–Trinajstić information content (AvgIpc) is 2.46. The second kappa shape index (κ2) is 5.82. The first-order chi connectivity index (χ1) is 9.24. The fourth-order valence-corrected chi connectivity index (χ4v) is 4.42. The monoisotopic (exact) mass is 264 g/mol. The van der Waals surface area contributed by atoms with Crippen LogP contribution in [0.5, 0.6) is 0 Å². The van der Waals surface area contributed by atoms with Crippen LogP contribution in [0.2, 0.25) is 0 Å². The SMILES string of the molecule is CC1CC(C(=O)N2CCC3CCCCC3C2)CCN1. The van der Waals surface area contributed by atoms with Gasteiger partial charge in [0.25, 0.3) is 0 Å². The summed E-state index contributed by atoms with van der Waals surface area (Å²) >= 11 is 0. The van der Waals surface area contributed by atoms with Gasteiger partial charge in [-0.3, -0.25) is 4.79 Å². The molecule has 4 atom stereocenters. The number of hydrogen-bond donors (Lipinski definition) is 1. The maximum atomic E-state index is 12.7. The molecule has 108 valence electrons. The third-order valence-electron chi connectivity index (χ3n) is 5.58. The van der Waals surface area contributed by atoms with Crippen LogP contribution in [0.4, 0.5) is 0 Å². The van der Waals surface area contributed by atoms with Crippen LogP contribution in [0, 0.1) is 17.8 Å². The Morgan fingerprint density at radius 1 is 1.11 bits per heavy atom. The van der Waals surface area contributed by atoms with E-state index in [0.717, 1.165) is 44.3 Å². The molecule has 1 amide bonds. The summed E-state index contributed by atoms with van der Waals surface area (Å²) in [6.45, 7) is 5.30. The van der Waals surface area contributed by atoms with Crippen LogP contribution < -0.4 is 5.32 Å². The molecule has 3 rings (SSSR count). The molecule has 1 N–H and O–H groups in total. The number of hydrogen-bond acceptors (Lipinski definition) is 2. The lowest BCUT2D eigenvalue weighted by atomic mass is 9.75. The molecule has 0 aromatic carbocycles. The van der Waals surface area contributed by atoms with Gasteiger partial charge in [-0.25, -0.2) is 0 Å². The normalized spacial score (nSPS) is 39.7. The van der Waals surface area contributed by atoms with E-state index in [9.17, 15) is 4.79 Å². The maximum Gasteiger partial charge on any atom is 0.225 e. The first-order valence-electron chi connectivity index (χ1n) is 8.26. The standard InChI is InChI=1S/C16H28N2O/c1-12-10-14(6-8-17-12)16(19)18-9-7-13-4-2-3-5-15(13)11-18/h12-15,17H,2-11H2,1H3. The molecular weight excluding hydrogens is 236 g/mol. The zero-order valence-corrected chi connectivity index (χ0v) is 12.2. The average molecular weight is 264 g/mol. The Balaban J connectivity index is 1.58. The molecule has 3 fully saturated rings. The van der Waals surface area contributed by atoms with Crippen LogP contribution in [0.3, 0.4) is 0 Å². The summed E-state index contributed by atoms with van der Waals surface area (Å²) in [5, 5.41) is 3.44. The summed E-state index contributed by atoms with van der Waals surface area (Å²) in [6.07, 6.45) is 8.90. The van der Waals surface area contributed by atoms with E-state index in [1.807, 2.05) is 0 Å². The number of likely N-dealkylation sites (tertiary alicyclic amines) is 1. The minimum atomic E-state index is 0.288. The summed E-state index contributed by atoms with van der Waals surface area (Å²) in [4.78, 5) is 14.9. The van der Waals surface area contributed by atoms with Crippen molar-refractivity contribution >= 4 is 5.91 Å². The fraction of sp³-hybridized carbons (Fsp3) is 0.938. The third-order valence-corrected chi connectivity index (χ3v) is 5.58. The molecule has 19 heavy (non-hydrogen) atoms. The van der Waals surface area contributed by atoms with Gasteiger partial charge in [0.15, 0.2) is 0 Å². The highest BCUT2D eigenvalue weighted by molar-refractivity contribution is 5.79. The first-order valence-corrected chi connectivity index (χ1v) is 8.26. The van der Waals surface area contributed by atoms with E-state index < -0.39 is 0 Å². The predicted octanol–water partition coefficient (Wildman–Crippen LogP) is 2.41. The van der Waals surface area contributed by atoms with E-state index in [-0.39, 0.29) is 5.92 Å². The highest BCUT2D eigenvalue weighted by Crippen LogP contribution is 2.36. The van der Waals surface area contributed by atoms with Crippen LogP contribution in [-0.2, 0) is 4.79 Å². The molecule has 2 saturated heterocycles. The Bertz CT molecular complexity index is 331. The number of fused-ring (bicyclic) bond motifs is 1. The molecule has 0 aromatic heterocycles. The topological polar surface area (TPSA) is 32.3 Å². The molecule has 2 aliphatic heterocycles. The molecule has 4 unspecified atom stereocenters. The van der Waals surface area contributed by atoms with Crippen LogP contribution in [0.15, 0.2) is 0 Å². The van der Waals surface area contributed by atoms with Crippen LogP contribution >= 0.6 is 0 Å². The predicted molar refractivity (Wildman–Crippen MR) is 76.8 cm³/mol. The Hall–Kier alpha value is -0.570. The van der Waals surface area contributed by atoms with E-state index >= 15 is 0 Å². The minimum Gasteiger partial charge on any atom is -0.342 e. The molecule has 0 spiro atoms. The van der Waals surface area contributed by atoms with Crippen molar-refractivity contribution in [3.05, 3.63) is 0 Å². The van der Waals surface area contributed by atoms with Gasteiger partial charge in [0, 0.05) is 25.0 Å². The largest absolute Gasteiger partial charge is 0.342 e. The Labute approximate surface area is 117 Å². The van der Waals surface area contributed by atoms with Crippen molar-refractivity contribution in [3.63, 3.8) is 0 Å². The van der Waals surface area contributed by atoms with Crippen LogP contribution in [0.1, 0.15) is 51.9 Å². The lowest BCUT2D eigenvalue weighted by Gasteiger charge is -2.43. The summed E-state index contributed by atoms with van der Waals surface area (Å²) in [5.41, 5.74) is 0. The lowest BCUT2D eigenvalue weighted by molar-refractivity contribution is -0.139. The first kappa shape index (κ1) is 13.4. The molecular formula is C16H28N2O. The summed E-state index contributed by atoms with van der Waals surface area (Å²) in [6, 6.07) is 0.509. The Morgan fingerprint density at radius 2 is 1.89 bits per heavy atom. The van der Waals surface area contributed by atoms with Gasteiger partial charge in [0.2, 0.25) is 5.91 Å². The maximum absolute atomic E-state index is 12.7. The smallest absolute Gasteiger partial charge is 0.225 e. The number of carbonyl (C=O) groups is 1. The Morgan fingerprint density at radius 3 is 2.68 bits per heavy atom. The summed E-state index contributed by atoms with van der Waals surface area (Å²) in [7, 11) is 0. The van der Waals surface area contributed by atoms with E-state index in [0.29, 0.717) is 11.9 Å². The van der Waals surface area contributed by atoms with Gasteiger partial charge >= 0.3 is 0 Å². The van der Waals surface area contributed by atoms with Gasteiger partial charge in [0.05, 0.1) is 0 Å². The molecule has 0 aromatic rings. The molecule has 3 heteroatoms. The number of piperidine rings is 2. The van der Waals surface area contributed by atoms with Gasteiger partial charge in [0.1, 0.15) is 0 Å². The second-order valence-corrected chi connectivity index (χ2v) is 6.95. The zero-order valence-electron chi connectivity index (χ0n) is 12.2. The molecule has 1 aliphatic carbocycles. The lowest BCUT2D eigenvalue weighted by Crippen LogP contribution is -2.49. The van der Waals surface area contributed by atoms with Crippen molar-refractivity contribution in [1.29, 1.82) is 0 Å². The van der Waals surface area contributed by atoms with Gasteiger partial charge in [-0.15, -0.1) is 0 Å². The molecule has 0 radical (unpaired) electrons. The van der Waals surface area contributed by atoms with Crippen molar-refractivity contribution in [2.75, 3.05) is 19.6 Å². The minimum absolute atomic E-state index is 0.288. The van der Waals surface area contributed by atoms with Gasteiger partial charge < -0.3 is 10.2 Å². The number of nitrogens with zero attached hydrogens (tertiary/aromatic N) is 1. The summed E-state index contributed by atoms with van der Waals surface area (Å²) in [5.74, 6) is 2.48. The van der Waals surface area contributed by atoms with Crippen molar-refractivity contribution in [2.45, 2.75) is 57.9 Å². The highest BCUT2D eigenvalue weighted by Gasteiger charge is 2.35. The zero-order chi connectivity index (χ0) is 13.2. The number of rotatable bonds is 1. The molecule has 1 saturated carbocycles. The van der Waals surface area contributed by atoms with E-state index in [2.05, 4.69) is 17.1 Å². The molecule has 0 bridgehead atoms. The van der Waals surface area contributed by atoms with Gasteiger partial charge in [-0.05, 0) is 51.0 Å². The summed E-state index contributed by atoms with van der Waals surface area (Å²) < 4.78 is 0. The van der Waals surface area contributed by atoms with Crippen LogP contribution in [-0.4, -0.2) is 36.5 Å². The highest BCUT2D eigenvalue weighted by atomic mass is 16.2. The van der Waals surface area contributed by atoms with Gasteiger partial charge in [-0.2, -0.15) is 0 Å². The Kier molecular flexibility index (Phi) is 4.11. The van der Waals surface area contributed by atoms with E-state index in [1.54, 1.807) is 0 Å². The van der Waals surface area contributed by atoms with E-state index in [4.69, 9.17) is 0 Å². The van der Waals surface area contributed by atoms with Crippen molar-refractivity contribution in [3.8, 4) is 0 Å². The number of carbonyl (C=O) groups excluding carboxylic acids is 1. The third kappa shape index (κ3) is 2.96. The number of amides is 1. The molecule has 2 heterocycles. The second-order valence-electron chi connectivity index (χ2n) is 6.95. The van der Waals surface area contributed by atoms with Gasteiger partial charge in [-0.1, -0.05) is 19.3 Å². The molecule has 3 aliphatic rings. The van der Waals surface area contributed by atoms with Crippen molar-refractivity contribution in [1.82, 2.24) is 10.2 Å². The van der Waals surface area contributed by atoms with Crippen molar-refractivity contribution in [2.24, 2.45) is 17.8 Å². The number of nitrogens with one attached hydrogen (secondary N) is 1. The quantitative estimate of drug-likeness (QED) is 0.789. The fourth-order valence-electron chi connectivity index (χ4n) is 4.42.